The first-order valence-electron chi connectivity index (χ1n) is 9.25. The quantitative estimate of drug-likeness (QED) is 0.194. The van der Waals surface area contributed by atoms with Gasteiger partial charge in [-0.1, -0.05) is 0 Å². The zero-order valence-electron chi connectivity index (χ0n) is 15.9. The molecular weight excluding hydrogens is 424 g/mol. The van der Waals surface area contributed by atoms with E-state index in [9.17, 15) is 39.9 Å². The minimum absolute atomic E-state index is 0.174. The molecule has 2 fully saturated rings. The molecule has 10 atom stereocenters. The third-order valence-electron chi connectivity index (χ3n) is 5.21. The summed E-state index contributed by atoms with van der Waals surface area (Å²) in [6.45, 7) is -0.174. The van der Waals surface area contributed by atoms with Gasteiger partial charge in [-0.15, -0.1) is 0 Å². The van der Waals surface area contributed by atoms with E-state index in [1.54, 1.807) is 0 Å². The molecule has 0 unspecified atom stereocenters. The number of carboxylic acid groups (broad SMARTS) is 1. The average molecular weight is 448 g/mol. The van der Waals surface area contributed by atoms with Crippen molar-refractivity contribution in [1.29, 1.82) is 0 Å². The monoisotopic (exact) mass is 448 g/mol. The molecule has 0 saturated carbocycles. The fourth-order valence-electron chi connectivity index (χ4n) is 3.50. The summed E-state index contributed by atoms with van der Waals surface area (Å²) >= 11 is 0. The lowest BCUT2D eigenvalue weighted by Crippen LogP contribution is -2.55. The van der Waals surface area contributed by atoms with Crippen molar-refractivity contribution in [2.45, 2.75) is 61.3 Å². The topological polar surface area (TPSA) is 253 Å². The molecule has 15 nitrogen and oxygen atoms in total. The van der Waals surface area contributed by atoms with Crippen LogP contribution in [0.2, 0.25) is 0 Å². The number of hydrogen-bond acceptors (Lipinski definition) is 12. The highest BCUT2D eigenvalue weighted by Gasteiger charge is 2.53. The van der Waals surface area contributed by atoms with Crippen LogP contribution in [0.1, 0.15) is 6.23 Å². The zero-order valence-corrected chi connectivity index (χ0v) is 15.9. The number of aliphatic hydroxyl groups is 4. The van der Waals surface area contributed by atoms with Crippen LogP contribution in [-0.2, 0) is 19.0 Å². The van der Waals surface area contributed by atoms with E-state index in [4.69, 9.17) is 25.7 Å². The second-order valence-corrected chi connectivity index (χ2v) is 7.21. The molecule has 0 bridgehead atoms. The number of ether oxygens (including phenoxy) is 3. The molecule has 2 saturated heterocycles. The van der Waals surface area contributed by atoms with Crippen LogP contribution in [0.4, 0.5) is 0 Å². The van der Waals surface area contributed by atoms with Crippen molar-refractivity contribution in [3.05, 3.63) is 33.1 Å². The van der Waals surface area contributed by atoms with Gasteiger partial charge in [0.25, 0.3) is 5.56 Å². The van der Waals surface area contributed by atoms with Crippen LogP contribution in [0.25, 0.3) is 0 Å². The Balaban J connectivity index is 1.88. The van der Waals surface area contributed by atoms with Crippen molar-refractivity contribution in [1.82, 2.24) is 9.55 Å². The molecule has 0 spiro atoms. The summed E-state index contributed by atoms with van der Waals surface area (Å²) in [4.78, 5) is 36.7. The van der Waals surface area contributed by atoms with Crippen LogP contribution in [0.5, 0.6) is 0 Å². The van der Waals surface area contributed by atoms with Gasteiger partial charge in [0.05, 0.1) is 0 Å². The number of aliphatic carboxylic acids is 1. The molecule has 0 aliphatic carbocycles. The smallest absolute Gasteiger partial charge is 0.330 e. The molecule has 3 rings (SSSR count). The number of aromatic nitrogens is 2. The van der Waals surface area contributed by atoms with E-state index in [0.29, 0.717) is 0 Å². The number of nitrogens with zero attached hydrogens (tertiary/aromatic N) is 1. The van der Waals surface area contributed by atoms with Crippen LogP contribution >= 0.6 is 0 Å². The molecular formula is C16H24N4O11. The Morgan fingerprint density at radius 3 is 2.39 bits per heavy atom. The van der Waals surface area contributed by atoms with E-state index in [0.717, 1.165) is 16.8 Å². The molecule has 1 aromatic rings. The summed E-state index contributed by atoms with van der Waals surface area (Å²) < 4.78 is 17.0. The summed E-state index contributed by atoms with van der Waals surface area (Å²) in [7, 11) is 0. The van der Waals surface area contributed by atoms with Gasteiger partial charge >= 0.3 is 11.7 Å². The summed E-state index contributed by atoms with van der Waals surface area (Å²) in [5.41, 5.74) is 9.44. The van der Waals surface area contributed by atoms with E-state index in [1.807, 2.05) is 4.98 Å². The van der Waals surface area contributed by atoms with Crippen molar-refractivity contribution in [2.24, 2.45) is 11.5 Å². The molecule has 1 aromatic heterocycles. The van der Waals surface area contributed by atoms with Crippen molar-refractivity contribution in [2.75, 3.05) is 6.54 Å². The molecule has 10 N–H and O–H groups in total. The third kappa shape index (κ3) is 4.40. The van der Waals surface area contributed by atoms with Gasteiger partial charge in [0.1, 0.15) is 48.8 Å². The maximum atomic E-state index is 12.0. The molecule has 0 radical (unpaired) electrons. The number of aromatic amines is 1. The van der Waals surface area contributed by atoms with Crippen LogP contribution in [0, 0.1) is 0 Å². The summed E-state index contributed by atoms with van der Waals surface area (Å²) in [6.07, 6.45) is -12.9. The van der Waals surface area contributed by atoms with E-state index in [-0.39, 0.29) is 6.54 Å². The highest BCUT2D eigenvalue weighted by atomic mass is 16.7. The number of nitrogens with two attached hydrogens (primary N) is 2. The summed E-state index contributed by atoms with van der Waals surface area (Å²) in [5.74, 6) is -1.57. The predicted octanol–water partition coefficient (Wildman–Crippen LogP) is -5.64. The van der Waals surface area contributed by atoms with Gasteiger partial charge in [-0.25, -0.2) is 4.79 Å². The van der Waals surface area contributed by atoms with Crippen LogP contribution in [0.15, 0.2) is 21.9 Å². The van der Waals surface area contributed by atoms with E-state index in [2.05, 4.69) is 0 Å². The fourth-order valence-corrected chi connectivity index (χ4v) is 3.50. The van der Waals surface area contributed by atoms with Crippen molar-refractivity contribution >= 4 is 5.97 Å². The minimum atomic E-state index is -1.83. The highest BCUT2D eigenvalue weighted by molar-refractivity contribution is 5.74. The van der Waals surface area contributed by atoms with Gasteiger partial charge in [0, 0.05) is 18.8 Å². The molecule has 31 heavy (non-hydrogen) atoms. The Bertz CT molecular complexity index is 906. The van der Waals surface area contributed by atoms with Gasteiger partial charge in [0.2, 0.25) is 0 Å². The second kappa shape index (κ2) is 9.11. The lowest BCUT2D eigenvalue weighted by atomic mass is 9.99. The molecule has 0 amide bonds. The minimum Gasteiger partial charge on any atom is -0.480 e. The third-order valence-corrected chi connectivity index (χ3v) is 5.21. The summed E-state index contributed by atoms with van der Waals surface area (Å²) in [5, 5.41) is 50.2. The predicted molar refractivity (Wildman–Crippen MR) is 97.5 cm³/mol. The first kappa shape index (κ1) is 23.5. The fraction of sp³-hybridized carbons (Fsp3) is 0.688. The Hall–Kier alpha value is -2.21. The van der Waals surface area contributed by atoms with Crippen molar-refractivity contribution in [3.8, 4) is 0 Å². The number of carbonyl (C=O) groups is 1. The Labute approximate surface area is 173 Å². The Kier molecular flexibility index (Phi) is 6.89. The highest BCUT2D eigenvalue weighted by Crippen LogP contribution is 2.33. The normalized spacial score (nSPS) is 37.6. The maximum Gasteiger partial charge on any atom is 0.330 e. The van der Waals surface area contributed by atoms with Gasteiger partial charge in [-0.05, 0) is 0 Å². The first-order valence-corrected chi connectivity index (χ1v) is 9.25. The van der Waals surface area contributed by atoms with Gasteiger partial charge in [0.15, 0.2) is 12.5 Å². The Morgan fingerprint density at radius 2 is 1.84 bits per heavy atom. The molecule has 174 valence electrons. The van der Waals surface area contributed by atoms with Gasteiger partial charge < -0.3 is 51.2 Å². The number of H-pyrrole nitrogens is 1. The molecule has 2 aliphatic heterocycles. The lowest BCUT2D eigenvalue weighted by Gasteiger charge is -2.31. The summed E-state index contributed by atoms with van der Waals surface area (Å²) in [6, 6.07) is -0.853. The van der Waals surface area contributed by atoms with Crippen LogP contribution in [-0.4, -0.2) is 103 Å². The molecule has 15 heteroatoms. The van der Waals surface area contributed by atoms with Gasteiger partial charge in [-0.3, -0.25) is 19.1 Å². The second-order valence-electron chi connectivity index (χ2n) is 7.21. The van der Waals surface area contributed by atoms with E-state index in [1.165, 1.54) is 0 Å². The first-order chi connectivity index (χ1) is 14.6. The standard InChI is InChI=1S/C16H24N4O11/c17-3-4-7(22)10(25)15(29-4)31-11(6(18)14(26)27)12-8(23)9(24)13(30-12)20-2-1-5(21)19-16(20)28/h1-2,4,6-13,15,22-25H,3,17-18H2,(H,26,27)(H,19,21,28)/t4-,6+,7-,8+,9-,10-,11+,12+,13-,15+/m1/s1. The number of nitrogens with one attached hydrogen (secondary N) is 1. The maximum absolute atomic E-state index is 12.0. The zero-order chi connectivity index (χ0) is 23.0. The lowest BCUT2D eigenvalue weighted by molar-refractivity contribution is -0.226. The molecule has 0 aromatic carbocycles. The van der Waals surface area contributed by atoms with E-state index >= 15 is 0 Å². The number of hydrogen-bond donors (Lipinski definition) is 8. The van der Waals surface area contributed by atoms with Crippen LogP contribution in [0.3, 0.4) is 0 Å². The van der Waals surface area contributed by atoms with Crippen molar-refractivity contribution < 1.29 is 44.5 Å². The van der Waals surface area contributed by atoms with E-state index < -0.39 is 78.5 Å². The van der Waals surface area contributed by atoms with Crippen LogP contribution < -0.4 is 22.7 Å². The Morgan fingerprint density at radius 1 is 1.16 bits per heavy atom. The SMILES string of the molecule is NC[C@H]1O[C@@H](O[C@H]([C@H]2O[C@@H](n3ccc(=O)[nH]c3=O)[C@H](O)[C@@H]2O)[C@H](N)C(=O)O)[C@H](O)[C@@H]1O. The average Bonchev–Trinajstić information content (AvgIpc) is 3.16. The molecule has 3 heterocycles. The number of aliphatic hydroxyl groups excluding tert-OH is 4. The molecule has 2 aliphatic rings. The van der Waals surface area contributed by atoms with Gasteiger partial charge in [-0.2, -0.15) is 0 Å². The number of rotatable bonds is 7. The largest absolute Gasteiger partial charge is 0.480 e. The number of carboxylic acids is 1. The van der Waals surface area contributed by atoms with Crippen molar-refractivity contribution in [3.63, 3.8) is 0 Å².